The lowest BCUT2D eigenvalue weighted by molar-refractivity contribution is -0.161. The number of unbranched alkanes of at least 4 members (excludes halogenated alkanes) is 15. The highest BCUT2D eigenvalue weighted by Crippen LogP contribution is 2.43. The van der Waals surface area contributed by atoms with Gasteiger partial charge in [0.1, 0.15) is 6.61 Å². The predicted octanol–water partition coefficient (Wildman–Crippen LogP) is 15.5. The molecule has 65 heavy (non-hydrogen) atoms. The Morgan fingerprint density at radius 2 is 0.846 bits per heavy atom. The normalized spacial score (nSPS) is 14.1. The summed E-state index contributed by atoms with van der Waals surface area (Å²) in [7, 11) is -4.38. The molecule has 0 aliphatic heterocycles. The maximum atomic E-state index is 12.6. The molecular weight excluding hydrogens is 834 g/mol. The first-order chi connectivity index (χ1) is 31.8. The Morgan fingerprint density at radius 1 is 0.477 bits per heavy atom. The molecule has 0 radical (unpaired) electrons. The van der Waals surface area contributed by atoms with Gasteiger partial charge in [0, 0.05) is 19.4 Å². The highest BCUT2D eigenvalue weighted by atomic mass is 31.2. The molecule has 10 heteroatoms. The van der Waals surface area contributed by atoms with Crippen LogP contribution in [0.5, 0.6) is 0 Å². The number of hydrogen-bond acceptors (Lipinski definition) is 8. The SMILES string of the molecule is CC/C=C\C/C=C\C/C=C\C/C=C\C/C=C\C/C=C\C/C=C\C/C=C\C/C=C\CCCCCCCCCC(=O)OC(COC(=O)CCCCCCCCCCC)COP(=O)(O)OCCN. The van der Waals surface area contributed by atoms with Crippen molar-refractivity contribution in [3.63, 3.8) is 0 Å². The number of rotatable bonds is 46. The molecule has 0 rings (SSSR count). The number of allylic oxidation sites excluding steroid dienone is 18. The largest absolute Gasteiger partial charge is 0.472 e. The molecule has 0 spiro atoms. The van der Waals surface area contributed by atoms with E-state index in [0.29, 0.717) is 6.42 Å². The van der Waals surface area contributed by atoms with Gasteiger partial charge in [-0.25, -0.2) is 4.57 Å². The summed E-state index contributed by atoms with van der Waals surface area (Å²) in [5, 5.41) is 0. The number of ether oxygens (including phenoxy) is 2. The number of phosphoric ester groups is 1. The van der Waals surface area contributed by atoms with Crippen LogP contribution in [0.25, 0.3) is 0 Å². The van der Waals surface area contributed by atoms with E-state index in [9.17, 15) is 19.0 Å². The molecule has 2 atom stereocenters. The lowest BCUT2D eigenvalue weighted by atomic mass is 10.1. The Kier molecular flexibility index (Phi) is 47.5. The fourth-order valence-corrected chi connectivity index (χ4v) is 7.22. The summed E-state index contributed by atoms with van der Waals surface area (Å²) in [6.45, 7) is 3.56. The summed E-state index contributed by atoms with van der Waals surface area (Å²) in [4.78, 5) is 34.8. The predicted molar refractivity (Wildman–Crippen MR) is 275 cm³/mol. The molecule has 0 heterocycles. The minimum atomic E-state index is -4.38. The van der Waals surface area contributed by atoms with Crippen LogP contribution in [0.1, 0.15) is 194 Å². The third-order valence-corrected chi connectivity index (χ3v) is 11.2. The van der Waals surface area contributed by atoms with Crippen molar-refractivity contribution in [2.75, 3.05) is 26.4 Å². The van der Waals surface area contributed by atoms with Gasteiger partial charge in [0.15, 0.2) is 6.10 Å². The molecule has 0 aromatic rings. The van der Waals surface area contributed by atoms with Crippen LogP contribution in [0, 0.1) is 0 Å². The van der Waals surface area contributed by atoms with E-state index in [1.807, 2.05) is 0 Å². The van der Waals surface area contributed by atoms with E-state index >= 15 is 0 Å². The average molecular weight is 926 g/mol. The van der Waals surface area contributed by atoms with Gasteiger partial charge in [-0.15, -0.1) is 0 Å². The van der Waals surface area contributed by atoms with Gasteiger partial charge in [0.05, 0.1) is 13.2 Å². The number of nitrogens with two attached hydrogens (primary N) is 1. The standard InChI is InChI=1S/C55H92NO8P/c1-3-5-7-9-11-13-14-15-16-17-18-19-20-21-22-23-24-25-26-27-28-29-30-31-32-33-34-35-36-37-38-40-42-44-46-48-55(58)64-53(52-63-65(59,60)62-50-49-56)51-61-54(57)47-45-43-41-39-12-10-8-6-4-2/h5,7,11,13,15-16,18-19,21-22,24-25,27-28,30-31,33-34,53H,3-4,6,8-10,12,14,17,20,23,26,29,32,35-52,56H2,1-2H3,(H,59,60)/b7-5-,13-11-,16-15-,19-18-,22-21-,25-24-,28-27-,31-30-,34-33-. The van der Waals surface area contributed by atoms with Crippen molar-refractivity contribution >= 4 is 19.8 Å². The second-order valence-electron chi connectivity index (χ2n) is 16.3. The van der Waals surface area contributed by atoms with E-state index in [4.69, 9.17) is 24.3 Å². The first kappa shape index (κ1) is 61.7. The van der Waals surface area contributed by atoms with Crippen LogP contribution in [0.3, 0.4) is 0 Å². The number of carbonyl (C=O) groups is 2. The molecule has 3 N–H and O–H groups in total. The molecule has 2 unspecified atom stereocenters. The van der Waals surface area contributed by atoms with Crippen molar-refractivity contribution in [1.82, 2.24) is 0 Å². The van der Waals surface area contributed by atoms with Crippen LogP contribution < -0.4 is 5.73 Å². The molecule has 0 aromatic carbocycles. The second-order valence-corrected chi connectivity index (χ2v) is 17.8. The van der Waals surface area contributed by atoms with Crippen LogP contribution in [0.2, 0.25) is 0 Å². The quantitative estimate of drug-likeness (QED) is 0.0265. The third-order valence-electron chi connectivity index (χ3n) is 10.2. The number of carbonyl (C=O) groups excluding carboxylic acids is 2. The Labute approximate surface area is 397 Å². The summed E-state index contributed by atoms with van der Waals surface area (Å²) in [5.74, 6) is -0.851. The summed E-state index contributed by atoms with van der Waals surface area (Å²) >= 11 is 0. The number of esters is 2. The molecular formula is C55H92NO8P. The van der Waals surface area contributed by atoms with Gasteiger partial charge in [0.25, 0.3) is 0 Å². The minimum absolute atomic E-state index is 0.0470. The Hall–Kier alpha value is -3.33. The monoisotopic (exact) mass is 926 g/mol. The van der Waals surface area contributed by atoms with Crippen LogP contribution >= 0.6 is 7.82 Å². The van der Waals surface area contributed by atoms with Crippen molar-refractivity contribution < 1.29 is 37.6 Å². The van der Waals surface area contributed by atoms with Crippen molar-refractivity contribution in [3.05, 3.63) is 109 Å². The maximum Gasteiger partial charge on any atom is 0.472 e. The van der Waals surface area contributed by atoms with Crippen molar-refractivity contribution in [3.8, 4) is 0 Å². The highest BCUT2D eigenvalue weighted by Gasteiger charge is 2.26. The molecule has 9 nitrogen and oxygen atoms in total. The van der Waals surface area contributed by atoms with Crippen LogP contribution in [0.4, 0.5) is 0 Å². The number of hydrogen-bond donors (Lipinski definition) is 2. The van der Waals surface area contributed by atoms with Crippen molar-refractivity contribution in [2.24, 2.45) is 5.73 Å². The van der Waals surface area contributed by atoms with E-state index < -0.39 is 32.5 Å². The zero-order valence-corrected chi connectivity index (χ0v) is 41.8. The van der Waals surface area contributed by atoms with E-state index in [0.717, 1.165) is 103 Å². The fraction of sp³-hybridized carbons (Fsp3) is 0.636. The molecule has 0 amide bonds. The van der Waals surface area contributed by atoms with Gasteiger partial charge in [-0.1, -0.05) is 207 Å². The summed E-state index contributed by atoms with van der Waals surface area (Å²) < 4.78 is 32.8. The third kappa shape index (κ3) is 49.9. The maximum absolute atomic E-state index is 12.6. The lowest BCUT2D eigenvalue weighted by Gasteiger charge is -2.19. The molecule has 0 aromatic heterocycles. The first-order valence-electron chi connectivity index (χ1n) is 25.4. The van der Waals surface area contributed by atoms with Gasteiger partial charge < -0.3 is 20.1 Å². The Bertz CT molecular complexity index is 1430. The number of phosphoric acid groups is 1. The lowest BCUT2D eigenvalue weighted by Crippen LogP contribution is -2.29. The van der Waals surface area contributed by atoms with Gasteiger partial charge >= 0.3 is 19.8 Å². The zero-order chi connectivity index (χ0) is 47.4. The molecule has 0 bridgehead atoms. The summed E-state index contributed by atoms with van der Waals surface area (Å²) in [6.07, 6.45) is 67.2. The summed E-state index contributed by atoms with van der Waals surface area (Å²) in [6, 6.07) is 0. The van der Waals surface area contributed by atoms with Gasteiger partial charge in [-0.2, -0.15) is 0 Å². The fourth-order valence-electron chi connectivity index (χ4n) is 6.45. The van der Waals surface area contributed by atoms with Crippen LogP contribution in [0.15, 0.2) is 109 Å². The van der Waals surface area contributed by atoms with Gasteiger partial charge in [-0.3, -0.25) is 18.6 Å². The van der Waals surface area contributed by atoms with E-state index in [-0.39, 0.29) is 32.6 Å². The molecule has 0 fully saturated rings. The molecule has 0 saturated heterocycles. The van der Waals surface area contributed by atoms with E-state index in [2.05, 4.69) is 123 Å². The van der Waals surface area contributed by atoms with Crippen molar-refractivity contribution in [2.45, 2.75) is 200 Å². The molecule has 370 valence electrons. The average Bonchev–Trinajstić information content (AvgIpc) is 3.30. The smallest absolute Gasteiger partial charge is 0.462 e. The first-order valence-corrected chi connectivity index (χ1v) is 26.9. The molecule has 0 aliphatic carbocycles. The van der Waals surface area contributed by atoms with Gasteiger partial charge in [-0.05, 0) is 83.5 Å². The Balaban J connectivity index is 4.00. The zero-order valence-electron chi connectivity index (χ0n) is 40.9. The van der Waals surface area contributed by atoms with E-state index in [1.165, 1.54) is 57.8 Å². The molecule has 0 saturated carbocycles. The van der Waals surface area contributed by atoms with Crippen LogP contribution in [-0.4, -0.2) is 49.3 Å². The highest BCUT2D eigenvalue weighted by molar-refractivity contribution is 7.47. The summed E-state index contributed by atoms with van der Waals surface area (Å²) in [5.41, 5.74) is 5.35. The second kappa shape index (κ2) is 50.1. The van der Waals surface area contributed by atoms with Gasteiger partial charge in [0.2, 0.25) is 0 Å². The molecule has 0 aliphatic rings. The van der Waals surface area contributed by atoms with Crippen LogP contribution in [-0.2, 0) is 32.7 Å². The Morgan fingerprint density at radius 3 is 1.26 bits per heavy atom. The van der Waals surface area contributed by atoms with Crippen molar-refractivity contribution in [1.29, 1.82) is 0 Å². The topological polar surface area (TPSA) is 134 Å². The van der Waals surface area contributed by atoms with E-state index in [1.54, 1.807) is 0 Å². The minimum Gasteiger partial charge on any atom is -0.462 e.